The summed E-state index contributed by atoms with van der Waals surface area (Å²) in [4.78, 5) is 7.47. The maximum atomic E-state index is 15.0. The van der Waals surface area contributed by atoms with Crippen LogP contribution >= 0.6 is 15.9 Å². The molecule has 0 saturated heterocycles. The molecule has 7 heteroatoms. The maximum absolute atomic E-state index is 15.0. The van der Waals surface area contributed by atoms with Crippen LogP contribution in [0.25, 0.3) is 33.2 Å². The molecule has 0 aliphatic heterocycles. The van der Waals surface area contributed by atoms with E-state index in [1.165, 1.54) is 0 Å². The molecule has 3 heterocycles. The van der Waals surface area contributed by atoms with E-state index in [-0.39, 0.29) is 5.82 Å². The summed E-state index contributed by atoms with van der Waals surface area (Å²) >= 11 is 3.38. The van der Waals surface area contributed by atoms with Crippen LogP contribution in [0.5, 0.6) is 0 Å². The number of hydrogen-bond acceptors (Lipinski definition) is 3. The van der Waals surface area contributed by atoms with Crippen molar-refractivity contribution in [1.82, 2.24) is 25.0 Å². The second kappa shape index (κ2) is 4.61. The molecule has 0 atom stereocenters. The summed E-state index contributed by atoms with van der Waals surface area (Å²) < 4.78 is 17.4. The summed E-state index contributed by atoms with van der Waals surface area (Å²) in [6.07, 6.45) is 1.70. The van der Waals surface area contributed by atoms with Crippen molar-refractivity contribution in [1.29, 1.82) is 0 Å². The smallest absolute Gasteiger partial charge is 0.156 e. The first kappa shape index (κ1) is 13.4. The number of aromatic nitrogens is 5. The van der Waals surface area contributed by atoms with Crippen LogP contribution in [0.2, 0.25) is 0 Å². The molecule has 1 N–H and O–H groups in total. The number of rotatable bonds is 1. The fourth-order valence-electron chi connectivity index (χ4n) is 2.79. The van der Waals surface area contributed by atoms with Crippen LogP contribution in [-0.4, -0.2) is 25.0 Å². The Bertz CT molecular complexity index is 1010. The minimum absolute atomic E-state index is 0.319. The molecule has 3 aromatic heterocycles. The van der Waals surface area contributed by atoms with E-state index in [4.69, 9.17) is 0 Å². The molecule has 0 aliphatic carbocycles. The first-order valence-corrected chi connectivity index (χ1v) is 7.47. The SMILES string of the molecule is Cc1nnn(C)c1-c1ccc2c([nH]c3cc(Br)cnc32)c1F. The van der Waals surface area contributed by atoms with Crippen LogP contribution in [0, 0.1) is 12.7 Å². The number of halogens is 2. The zero-order valence-electron chi connectivity index (χ0n) is 11.9. The Labute approximate surface area is 133 Å². The predicted octanol–water partition coefficient (Wildman–Crippen LogP) is 3.72. The van der Waals surface area contributed by atoms with E-state index in [0.29, 0.717) is 22.5 Å². The Hall–Kier alpha value is -2.28. The largest absolute Gasteiger partial charge is 0.351 e. The lowest BCUT2D eigenvalue weighted by Gasteiger charge is -2.05. The molecule has 0 aliphatic rings. The molecule has 0 bridgehead atoms. The van der Waals surface area contributed by atoms with Gasteiger partial charge in [0.25, 0.3) is 0 Å². The molecule has 4 aromatic rings. The quantitative estimate of drug-likeness (QED) is 0.563. The first-order valence-electron chi connectivity index (χ1n) is 6.68. The van der Waals surface area contributed by atoms with Gasteiger partial charge in [0.1, 0.15) is 0 Å². The van der Waals surface area contributed by atoms with Crippen molar-refractivity contribution in [3.63, 3.8) is 0 Å². The monoisotopic (exact) mass is 359 g/mol. The van der Waals surface area contributed by atoms with E-state index in [1.807, 2.05) is 19.1 Å². The third-order valence-corrected chi connectivity index (χ3v) is 4.20. The van der Waals surface area contributed by atoms with E-state index >= 15 is 0 Å². The van der Waals surface area contributed by atoms with Crippen LogP contribution in [0.15, 0.2) is 28.9 Å². The molecular weight excluding hydrogens is 349 g/mol. The zero-order chi connectivity index (χ0) is 15.4. The molecule has 0 spiro atoms. The summed E-state index contributed by atoms with van der Waals surface area (Å²) in [5, 5.41) is 8.69. The Morgan fingerprint density at radius 2 is 2.14 bits per heavy atom. The standard InChI is InChI=1S/C15H11BrFN5/c1-7-15(22(2)21-20-7)9-3-4-10-13-11(5-8(16)6-18-13)19-14(10)12(9)17/h3-6,19H,1-2H3. The van der Waals surface area contributed by atoms with Gasteiger partial charge in [0.05, 0.1) is 27.9 Å². The van der Waals surface area contributed by atoms with E-state index in [2.05, 4.69) is 36.2 Å². The molecule has 1 aromatic carbocycles. The van der Waals surface area contributed by atoms with Crippen LogP contribution in [0.4, 0.5) is 4.39 Å². The number of aryl methyl sites for hydroxylation is 2. The van der Waals surface area contributed by atoms with Crippen molar-refractivity contribution < 1.29 is 4.39 Å². The normalized spacial score (nSPS) is 11.6. The predicted molar refractivity (Wildman–Crippen MR) is 86.0 cm³/mol. The molecule has 0 amide bonds. The molecule has 0 saturated carbocycles. The van der Waals surface area contributed by atoms with Gasteiger partial charge in [0.2, 0.25) is 0 Å². The van der Waals surface area contributed by atoms with Gasteiger partial charge in [-0.05, 0) is 41.1 Å². The maximum Gasteiger partial charge on any atom is 0.156 e. The Balaban J connectivity index is 2.08. The minimum atomic E-state index is -0.319. The lowest BCUT2D eigenvalue weighted by atomic mass is 10.1. The summed E-state index contributed by atoms with van der Waals surface area (Å²) in [6, 6.07) is 5.51. The van der Waals surface area contributed by atoms with E-state index in [1.54, 1.807) is 24.0 Å². The van der Waals surface area contributed by atoms with Gasteiger partial charge in [0, 0.05) is 28.7 Å². The Kier molecular flexibility index (Phi) is 2.80. The fraction of sp³-hybridized carbons (Fsp3) is 0.133. The molecule has 22 heavy (non-hydrogen) atoms. The molecule has 110 valence electrons. The van der Waals surface area contributed by atoms with Crippen LogP contribution in [0.1, 0.15) is 5.69 Å². The highest BCUT2D eigenvalue weighted by atomic mass is 79.9. The van der Waals surface area contributed by atoms with Gasteiger partial charge in [-0.3, -0.25) is 4.98 Å². The van der Waals surface area contributed by atoms with Crippen molar-refractivity contribution in [3.05, 3.63) is 40.4 Å². The molecule has 0 radical (unpaired) electrons. The average molecular weight is 360 g/mol. The molecule has 4 rings (SSSR count). The topological polar surface area (TPSA) is 59.4 Å². The lowest BCUT2D eigenvalue weighted by molar-refractivity contribution is 0.636. The number of hydrogen-bond donors (Lipinski definition) is 1. The summed E-state index contributed by atoms with van der Waals surface area (Å²) in [6.45, 7) is 1.82. The number of aromatic amines is 1. The first-order chi connectivity index (χ1) is 10.6. The van der Waals surface area contributed by atoms with Gasteiger partial charge in [-0.1, -0.05) is 5.21 Å². The lowest BCUT2D eigenvalue weighted by Crippen LogP contribution is -1.97. The highest BCUT2D eigenvalue weighted by Crippen LogP contribution is 2.33. The van der Waals surface area contributed by atoms with Gasteiger partial charge in [-0.15, -0.1) is 5.10 Å². The second-order valence-electron chi connectivity index (χ2n) is 5.17. The third kappa shape index (κ3) is 1.78. The van der Waals surface area contributed by atoms with Gasteiger partial charge >= 0.3 is 0 Å². The van der Waals surface area contributed by atoms with Crippen molar-refractivity contribution in [2.75, 3.05) is 0 Å². The number of nitrogens with zero attached hydrogens (tertiary/aromatic N) is 4. The highest BCUT2D eigenvalue weighted by molar-refractivity contribution is 9.10. The van der Waals surface area contributed by atoms with Crippen LogP contribution in [-0.2, 0) is 7.05 Å². The van der Waals surface area contributed by atoms with Crippen molar-refractivity contribution in [3.8, 4) is 11.3 Å². The van der Waals surface area contributed by atoms with E-state index < -0.39 is 0 Å². The van der Waals surface area contributed by atoms with Gasteiger partial charge in [-0.25, -0.2) is 9.07 Å². The van der Waals surface area contributed by atoms with E-state index in [0.717, 1.165) is 20.9 Å². The molecular formula is C15H11BrFN5. The number of nitrogens with one attached hydrogen (secondary N) is 1. The van der Waals surface area contributed by atoms with Gasteiger partial charge in [-0.2, -0.15) is 0 Å². The highest BCUT2D eigenvalue weighted by Gasteiger charge is 2.18. The van der Waals surface area contributed by atoms with Crippen LogP contribution in [0.3, 0.4) is 0 Å². The number of H-pyrrole nitrogens is 1. The van der Waals surface area contributed by atoms with Gasteiger partial charge in [0.15, 0.2) is 5.82 Å². The second-order valence-corrected chi connectivity index (χ2v) is 6.09. The Morgan fingerprint density at radius 3 is 2.86 bits per heavy atom. The summed E-state index contributed by atoms with van der Waals surface area (Å²) in [7, 11) is 1.75. The summed E-state index contributed by atoms with van der Waals surface area (Å²) in [5.74, 6) is -0.319. The zero-order valence-corrected chi connectivity index (χ0v) is 13.4. The third-order valence-electron chi connectivity index (χ3n) is 3.76. The van der Waals surface area contributed by atoms with Crippen LogP contribution < -0.4 is 0 Å². The number of fused-ring (bicyclic) bond motifs is 3. The van der Waals surface area contributed by atoms with Crippen molar-refractivity contribution in [2.24, 2.45) is 7.05 Å². The molecule has 5 nitrogen and oxygen atoms in total. The van der Waals surface area contributed by atoms with Gasteiger partial charge < -0.3 is 4.98 Å². The van der Waals surface area contributed by atoms with Crippen molar-refractivity contribution in [2.45, 2.75) is 6.92 Å². The number of pyridine rings is 1. The minimum Gasteiger partial charge on any atom is -0.351 e. The van der Waals surface area contributed by atoms with Crippen molar-refractivity contribution >= 4 is 37.9 Å². The average Bonchev–Trinajstić information content (AvgIpc) is 3.01. The van der Waals surface area contributed by atoms with E-state index in [9.17, 15) is 4.39 Å². The fourth-order valence-corrected chi connectivity index (χ4v) is 3.12. The summed E-state index contributed by atoms with van der Waals surface area (Å²) in [5.41, 5.74) is 3.83. The Morgan fingerprint density at radius 1 is 1.32 bits per heavy atom. The number of benzene rings is 1. The molecule has 0 unspecified atom stereocenters. The molecule has 0 fully saturated rings.